The van der Waals surface area contributed by atoms with Gasteiger partial charge in [0.2, 0.25) is 0 Å². The van der Waals surface area contributed by atoms with Crippen molar-refractivity contribution in [2.24, 2.45) is 0 Å². The first-order valence-electron chi connectivity index (χ1n) is 10.2. The van der Waals surface area contributed by atoms with E-state index in [2.05, 4.69) is 27.1 Å². The molecule has 1 aromatic carbocycles. The Kier molecular flexibility index (Phi) is 6.06. The maximum Gasteiger partial charge on any atom is 0.490 e. The Balaban J connectivity index is 0.000000344. The SMILES string of the molecule is CN1CCc2[nH]c(-c3ccnc(-c4cnc5ccccc5c4)c3)cc2C1=O.O=C(O)C(F)(F)F. The number of likely N-dealkylation sites (N-methyl/N-ethyl adjacent to an activating group) is 1. The average molecular weight is 468 g/mol. The normalized spacial score (nSPS) is 13.3. The Bertz CT molecular complexity index is 1380. The molecule has 5 rings (SSSR count). The molecule has 2 N–H and O–H groups in total. The number of benzene rings is 1. The van der Waals surface area contributed by atoms with Gasteiger partial charge in [0.05, 0.1) is 16.8 Å². The molecule has 0 fully saturated rings. The number of carboxylic acids is 1. The van der Waals surface area contributed by atoms with Crippen molar-refractivity contribution in [2.45, 2.75) is 12.6 Å². The number of carboxylic acid groups (broad SMARTS) is 1. The number of aliphatic carboxylic acids is 1. The van der Waals surface area contributed by atoms with Gasteiger partial charge < -0.3 is 15.0 Å². The Morgan fingerprint density at radius 2 is 1.82 bits per heavy atom. The molecule has 4 aromatic rings. The van der Waals surface area contributed by atoms with Crippen LogP contribution in [0, 0.1) is 0 Å². The van der Waals surface area contributed by atoms with Crippen LogP contribution in [0.1, 0.15) is 16.1 Å². The number of para-hydroxylation sites is 1. The lowest BCUT2D eigenvalue weighted by atomic mass is 10.1. The predicted octanol–water partition coefficient (Wildman–Crippen LogP) is 4.55. The molecule has 0 atom stereocenters. The fraction of sp³-hybridized carbons (Fsp3) is 0.167. The lowest BCUT2D eigenvalue weighted by Gasteiger charge is -2.21. The Morgan fingerprint density at radius 3 is 2.56 bits per heavy atom. The number of carbonyl (C=O) groups is 2. The third-order valence-electron chi connectivity index (χ3n) is 5.37. The molecule has 0 spiro atoms. The van der Waals surface area contributed by atoms with Crippen molar-refractivity contribution in [2.75, 3.05) is 13.6 Å². The van der Waals surface area contributed by atoms with Crippen molar-refractivity contribution < 1.29 is 27.9 Å². The lowest BCUT2D eigenvalue weighted by molar-refractivity contribution is -0.192. The van der Waals surface area contributed by atoms with Crippen molar-refractivity contribution in [1.82, 2.24) is 19.9 Å². The van der Waals surface area contributed by atoms with Crippen LogP contribution < -0.4 is 0 Å². The molecule has 174 valence electrons. The Labute approximate surface area is 191 Å². The quantitative estimate of drug-likeness (QED) is 0.450. The van der Waals surface area contributed by atoms with Gasteiger partial charge in [-0.1, -0.05) is 18.2 Å². The van der Waals surface area contributed by atoms with Gasteiger partial charge in [0.25, 0.3) is 5.91 Å². The van der Waals surface area contributed by atoms with Crippen molar-refractivity contribution in [1.29, 1.82) is 0 Å². The number of nitrogens with one attached hydrogen (secondary N) is 1. The number of nitrogens with zero attached hydrogens (tertiary/aromatic N) is 3. The Hall–Kier alpha value is -4.21. The van der Waals surface area contributed by atoms with Gasteiger partial charge in [-0.3, -0.25) is 14.8 Å². The summed E-state index contributed by atoms with van der Waals surface area (Å²) in [5.41, 5.74) is 6.55. The number of amides is 1. The summed E-state index contributed by atoms with van der Waals surface area (Å²) in [6.07, 6.45) is -0.579. The fourth-order valence-corrected chi connectivity index (χ4v) is 3.59. The number of hydrogen-bond acceptors (Lipinski definition) is 4. The molecule has 0 aliphatic carbocycles. The van der Waals surface area contributed by atoms with Crippen LogP contribution in [-0.2, 0) is 11.2 Å². The van der Waals surface area contributed by atoms with E-state index < -0.39 is 12.1 Å². The highest BCUT2D eigenvalue weighted by Gasteiger charge is 2.38. The molecule has 0 radical (unpaired) electrons. The minimum Gasteiger partial charge on any atom is -0.475 e. The van der Waals surface area contributed by atoms with Gasteiger partial charge in [0.1, 0.15) is 0 Å². The van der Waals surface area contributed by atoms with E-state index in [0.717, 1.165) is 57.6 Å². The molecule has 0 saturated heterocycles. The van der Waals surface area contributed by atoms with Gasteiger partial charge in [-0.2, -0.15) is 13.2 Å². The van der Waals surface area contributed by atoms with Crippen LogP contribution >= 0.6 is 0 Å². The van der Waals surface area contributed by atoms with Gasteiger partial charge in [0.15, 0.2) is 0 Å². The van der Waals surface area contributed by atoms with Crippen LogP contribution in [0.25, 0.3) is 33.4 Å². The molecule has 0 saturated carbocycles. The molecule has 10 heteroatoms. The summed E-state index contributed by atoms with van der Waals surface area (Å²) in [6, 6.07) is 16.1. The fourth-order valence-electron chi connectivity index (χ4n) is 3.59. The summed E-state index contributed by atoms with van der Waals surface area (Å²) in [7, 11) is 1.84. The number of halogens is 3. The predicted molar refractivity (Wildman–Crippen MR) is 119 cm³/mol. The van der Waals surface area contributed by atoms with Gasteiger partial charge in [-0.05, 0) is 30.3 Å². The first-order valence-corrected chi connectivity index (χ1v) is 10.2. The van der Waals surface area contributed by atoms with Crippen molar-refractivity contribution >= 4 is 22.8 Å². The molecule has 3 aromatic heterocycles. The standard InChI is InChI=1S/C22H18N4O.C2HF3O2/c1-26-9-7-19-17(22(26)27)12-21(25-19)15-6-8-23-20(11-15)16-10-14-4-2-3-5-18(14)24-13-16;3-2(4,5)1(6)7/h2-6,8,10-13,25H,7,9H2,1H3;(H,6,7). The maximum atomic E-state index is 12.4. The number of hydrogen-bond donors (Lipinski definition) is 2. The monoisotopic (exact) mass is 468 g/mol. The summed E-state index contributed by atoms with van der Waals surface area (Å²) in [4.78, 5) is 35.5. The highest BCUT2D eigenvalue weighted by Crippen LogP contribution is 2.29. The first-order chi connectivity index (χ1) is 16.1. The Morgan fingerprint density at radius 1 is 1.09 bits per heavy atom. The van der Waals surface area contributed by atoms with Crippen molar-refractivity contribution in [3.8, 4) is 22.5 Å². The topological polar surface area (TPSA) is 99.2 Å². The zero-order valence-corrected chi connectivity index (χ0v) is 17.9. The van der Waals surface area contributed by atoms with Crippen LogP contribution in [0.2, 0.25) is 0 Å². The number of aromatic nitrogens is 3. The largest absolute Gasteiger partial charge is 0.490 e. The van der Waals surface area contributed by atoms with Crippen LogP contribution in [0.15, 0.2) is 60.9 Å². The molecular formula is C24H19F3N4O3. The van der Waals surface area contributed by atoms with Crippen LogP contribution in [-0.4, -0.2) is 56.6 Å². The van der Waals surface area contributed by atoms with E-state index in [1.807, 2.05) is 49.6 Å². The second-order valence-corrected chi connectivity index (χ2v) is 7.70. The van der Waals surface area contributed by atoms with E-state index in [4.69, 9.17) is 9.90 Å². The molecule has 34 heavy (non-hydrogen) atoms. The zero-order valence-electron chi connectivity index (χ0n) is 17.9. The second kappa shape index (κ2) is 8.97. The summed E-state index contributed by atoms with van der Waals surface area (Å²) in [5, 5.41) is 8.21. The summed E-state index contributed by atoms with van der Waals surface area (Å²) < 4.78 is 31.7. The molecule has 1 aliphatic heterocycles. The summed E-state index contributed by atoms with van der Waals surface area (Å²) in [6.45, 7) is 0.746. The third kappa shape index (κ3) is 4.75. The number of H-pyrrole nitrogens is 1. The molecule has 1 aliphatic rings. The van der Waals surface area contributed by atoms with Gasteiger partial charge in [-0.15, -0.1) is 0 Å². The van der Waals surface area contributed by atoms with Crippen LogP contribution in [0.5, 0.6) is 0 Å². The highest BCUT2D eigenvalue weighted by molar-refractivity contribution is 5.97. The number of pyridine rings is 2. The maximum absolute atomic E-state index is 12.4. The highest BCUT2D eigenvalue weighted by atomic mass is 19.4. The molecular weight excluding hydrogens is 449 g/mol. The average Bonchev–Trinajstić information content (AvgIpc) is 3.26. The number of rotatable bonds is 2. The summed E-state index contributed by atoms with van der Waals surface area (Å²) in [5.74, 6) is -2.68. The van der Waals surface area contributed by atoms with E-state index in [1.54, 1.807) is 11.1 Å². The molecule has 1 amide bonds. The minimum absolute atomic E-state index is 0.0757. The van der Waals surface area contributed by atoms with E-state index in [9.17, 15) is 18.0 Å². The van der Waals surface area contributed by atoms with E-state index in [1.165, 1.54) is 0 Å². The van der Waals surface area contributed by atoms with E-state index in [-0.39, 0.29) is 5.91 Å². The smallest absolute Gasteiger partial charge is 0.475 e. The van der Waals surface area contributed by atoms with Gasteiger partial charge in [0, 0.05) is 60.3 Å². The zero-order chi connectivity index (χ0) is 24.5. The number of alkyl halides is 3. The number of fused-ring (bicyclic) bond motifs is 2. The molecule has 0 bridgehead atoms. The molecule has 0 unspecified atom stereocenters. The van der Waals surface area contributed by atoms with E-state index >= 15 is 0 Å². The number of aromatic amines is 1. The molecule has 4 heterocycles. The third-order valence-corrected chi connectivity index (χ3v) is 5.37. The summed E-state index contributed by atoms with van der Waals surface area (Å²) >= 11 is 0. The van der Waals surface area contributed by atoms with Crippen molar-refractivity contribution in [3.05, 3.63) is 72.2 Å². The van der Waals surface area contributed by atoms with Gasteiger partial charge >= 0.3 is 12.1 Å². The molecule has 7 nitrogen and oxygen atoms in total. The second-order valence-electron chi connectivity index (χ2n) is 7.70. The van der Waals surface area contributed by atoms with Crippen LogP contribution in [0.3, 0.4) is 0 Å². The lowest BCUT2D eigenvalue weighted by Crippen LogP contribution is -2.33. The minimum atomic E-state index is -5.08. The first kappa shape index (κ1) is 23.0. The van der Waals surface area contributed by atoms with Gasteiger partial charge in [-0.25, -0.2) is 4.79 Å². The van der Waals surface area contributed by atoms with E-state index in [0.29, 0.717) is 0 Å². The van der Waals surface area contributed by atoms with Crippen molar-refractivity contribution in [3.63, 3.8) is 0 Å². The van der Waals surface area contributed by atoms with Crippen LogP contribution in [0.4, 0.5) is 13.2 Å². The number of carbonyl (C=O) groups excluding carboxylic acids is 1.